The Bertz CT molecular complexity index is 6920. The molecule has 4 fully saturated rings. The fraction of sp³-hybridized carbons (Fsp3) is 0.352. The molecule has 4 atom stereocenters. The van der Waals surface area contributed by atoms with E-state index in [9.17, 15) is 24.0 Å². The summed E-state index contributed by atoms with van der Waals surface area (Å²) in [6, 6.07) is 37.9. The van der Waals surface area contributed by atoms with E-state index < -0.39 is 16.8 Å². The molecule has 2 amide bonds. The summed E-state index contributed by atoms with van der Waals surface area (Å²) in [5.41, 5.74) is 12.1. The quantitative estimate of drug-likeness (QED) is 0.0999. The molecule has 2 saturated heterocycles. The molecular formula is C91H89F2N19O8. The van der Waals surface area contributed by atoms with Gasteiger partial charge in [-0.05, 0) is 227 Å². The van der Waals surface area contributed by atoms with Crippen LogP contribution >= 0.6 is 0 Å². The first-order valence-electron chi connectivity index (χ1n) is 41.4. The average Bonchev–Trinajstić information content (AvgIpc) is 1.54. The van der Waals surface area contributed by atoms with E-state index in [1.807, 2.05) is 77.0 Å². The van der Waals surface area contributed by atoms with Gasteiger partial charge >= 0.3 is 17.1 Å². The number of hydrogen-bond acceptors (Lipinski definition) is 14. The van der Waals surface area contributed by atoms with Gasteiger partial charge in [-0.25, -0.2) is 32.5 Å². The molecule has 29 heteroatoms. The van der Waals surface area contributed by atoms with Gasteiger partial charge in [0.15, 0.2) is 5.82 Å². The molecule has 9 aromatic heterocycles. The normalized spacial score (nSPS) is 19.3. The van der Waals surface area contributed by atoms with Gasteiger partial charge in [0.25, 0.3) is 11.8 Å². The molecule has 27 nitrogen and oxygen atoms in total. The van der Waals surface area contributed by atoms with Gasteiger partial charge in [0.2, 0.25) is 0 Å². The van der Waals surface area contributed by atoms with Gasteiger partial charge in [-0.3, -0.25) is 46.7 Å². The van der Waals surface area contributed by atoms with E-state index in [0.29, 0.717) is 143 Å². The highest BCUT2D eigenvalue weighted by Crippen LogP contribution is 2.58. The van der Waals surface area contributed by atoms with Crippen LogP contribution in [0.25, 0.3) is 78.0 Å². The number of benzene rings is 6. The number of ether oxygens (including phenoxy) is 2. The van der Waals surface area contributed by atoms with Crippen molar-refractivity contribution in [1.82, 2.24) is 86.5 Å². The first-order valence-corrected chi connectivity index (χ1v) is 41.4. The Morgan fingerprint density at radius 3 is 1.40 bits per heavy atom. The minimum atomic E-state index is -0.800. The van der Waals surface area contributed by atoms with Crippen LogP contribution in [-0.4, -0.2) is 138 Å². The third kappa shape index (κ3) is 12.2. The Balaban J connectivity index is 0.000000154. The third-order valence-electron chi connectivity index (χ3n) is 26.4. The van der Waals surface area contributed by atoms with Crippen molar-refractivity contribution in [2.45, 2.75) is 142 Å². The molecular weight excluding hydrogens is 1530 g/mol. The largest absolute Gasteiger partial charge is 0.438 e. The molecule has 0 radical (unpaired) electrons. The predicted molar refractivity (Wildman–Crippen MR) is 445 cm³/mol. The second-order valence-electron chi connectivity index (χ2n) is 33.4. The summed E-state index contributed by atoms with van der Waals surface area (Å²) in [5.74, 6) is 0.720. The van der Waals surface area contributed by atoms with E-state index >= 15 is 14.0 Å². The smallest absolute Gasteiger partial charge is 0.381 e. The first-order chi connectivity index (χ1) is 58.1. The van der Waals surface area contributed by atoms with Crippen molar-refractivity contribution >= 4 is 55.4 Å². The molecule has 6 aliphatic rings. The lowest BCUT2D eigenvalue weighted by atomic mass is 9.91. The zero-order chi connectivity index (χ0) is 82.6. The van der Waals surface area contributed by atoms with E-state index in [4.69, 9.17) is 24.2 Å². The summed E-state index contributed by atoms with van der Waals surface area (Å²) < 4.78 is 63.7. The van der Waals surface area contributed by atoms with Gasteiger partial charge in [0.1, 0.15) is 45.7 Å². The SMILES string of the molecule is CC[C@H]1C[C@]1(C#N)n1c(C(=O)N2CCc3nn(-c4cc(C)c(F)c(C)c4)c(-n4ccn(-c5ccc6c(cnn6C)c5)c4=O)c3C2)cc2cc(C3CCOCC3)ccc21.CC[C@H]1C[C@]1(c1noc(=O)[nH]1)n1c(C(=O)N2CCc3nn(-c4cc(C)c(F)c(C)c4)c(-n4ccn(-c5ccc6c(cnn6C)c5)c4=O)c3C2)cc2cc(C3CCOCC3)ccc21. The number of aromatic amines is 1. The average molecular weight is 1610 g/mol. The number of H-pyrrole nitrogens is 1. The van der Waals surface area contributed by atoms with E-state index in [-0.39, 0.29) is 59.8 Å². The van der Waals surface area contributed by atoms with Gasteiger partial charge in [-0.1, -0.05) is 37.6 Å². The van der Waals surface area contributed by atoms with Crippen molar-refractivity contribution in [2.75, 3.05) is 39.5 Å². The van der Waals surface area contributed by atoms with E-state index in [2.05, 4.69) is 81.2 Å². The minimum Gasteiger partial charge on any atom is -0.381 e. The second kappa shape index (κ2) is 28.9. The van der Waals surface area contributed by atoms with E-state index in [1.54, 1.807) is 126 Å². The van der Waals surface area contributed by atoms with E-state index in [1.165, 1.54) is 11.1 Å². The first kappa shape index (κ1) is 75.7. The van der Waals surface area contributed by atoms with Crippen LogP contribution in [0.2, 0.25) is 0 Å². The van der Waals surface area contributed by atoms with Crippen molar-refractivity contribution < 1.29 is 32.4 Å². The number of nitriles is 1. The fourth-order valence-corrected chi connectivity index (χ4v) is 19.8. The second-order valence-corrected chi connectivity index (χ2v) is 33.4. The number of aryl methyl sites for hydroxylation is 6. The summed E-state index contributed by atoms with van der Waals surface area (Å²) in [6.45, 7) is 15.1. The van der Waals surface area contributed by atoms with Crippen molar-refractivity contribution in [3.05, 3.63) is 263 Å². The van der Waals surface area contributed by atoms with Gasteiger partial charge in [0, 0.05) is 129 Å². The van der Waals surface area contributed by atoms with Crippen molar-refractivity contribution in [2.24, 2.45) is 25.9 Å². The summed E-state index contributed by atoms with van der Waals surface area (Å²) in [7, 11) is 3.75. The number of imidazole rings is 2. The Hall–Kier alpha value is -13.1. The highest BCUT2D eigenvalue weighted by Gasteiger charge is 2.61. The number of fused-ring (bicyclic) bond motifs is 6. The van der Waals surface area contributed by atoms with Crippen LogP contribution in [-0.2, 0) is 60.6 Å². The number of halogens is 2. The maximum atomic E-state index is 15.3. The lowest BCUT2D eigenvalue weighted by molar-refractivity contribution is 0.0714. The third-order valence-corrected chi connectivity index (χ3v) is 26.4. The van der Waals surface area contributed by atoms with Crippen LogP contribution in [0.15, 0.2) is 165 Å². The number of aromatic nitrogens is 16. The van der Waals surface area contributed by atoms with Gasteiger partial charge < -0.3 is 28.4 Å². The topological polar surface area (TPSA) is 277 Å². The molecule has 21 rings (SSSR count). The molecule has 6 aromatic carbocycles. The van der Waals surface area contributed by atoms with Crippen LogP contribution in [0.1, 0.15) is 160 Å². The van der Waals surface area contributed by atoms with Crippen LogP contribution in [0.3, 0.4) is 0 Å². The predicted octanol–water partition coefficient (Wildman–Crippen LogP) is 13.5. The van der Waals surface area contributed by atoms with Gasteiger partial charge in [-0.15, -0.1) is 0 Å². The summed E-state index contributed by atoms with van der Waals surface area (Å²) >= 11 is 0. The Kier molecular flexibility index (Phi) is 18.2. The molecule has 0 unspecified atom stereocenters. The van der Waals surface area contributed by atoms with Gasteiger partial charge in [0.05, 0.1) is 82.2 Å². The highest BCUT2D eigenvalue weighted by molar-refractivity contribution is 6.01. The molecule has 0 spiro atoms. The Morgan fingerprint density at radius 1 is 0.533 bits per heavy atom. The summed E-state index contributed by atoms with van der Waals surface area (Å²) in [5, 5.41) is 37.4. The minimum absolute atomic E-state index is 0.0933. The molecule has 4 aliphatic heterocycles. The number of rotatable bonds is 15. The molecule has 13 heterocycles. The van der Waals surface area contributed by atoms with Crippen molar-refractivity contribution in [1.29, 1.82) is 5.26 Å². The number of amides is 2. The molecule has 1 N–H and O–H groups in total. The highest BCUT2D eigenvalue weighted by atomic mass is 19.1. The summed E-state index contributed by atoms with van der Waals surface area (Å²) in [6.07, 6.45) is 18.0. The fourth-order valence-electron chi connectivity index (χ4n) is 19.8. The van der Waals surface area contributed by atoms with Crippen molar-refractivity contribution in [3.8, 4) is 40.5 Å². The number of carbonyl (C=O) groups excluding carboxylic acids is 2. The van der Waals surface area contributed by atoms with Gasteiger partial charge in [-0.2, -0.15) is 25.7 Å². The van der Waals surface area contributed by atoms with Crippen LogP contribution in [0.5, 0.6) is 0 Å². The lowest BCUT2D eigenvalue weighted by Gasteiger charge is -2.29. The number of hydrogen-bond donors (Lipinski definition) is 1. The molecule has 2 saturated carbocycles. The van der Waals surface area contributed by atoms with Crippen LogP contribution < -0.4 is 17.1 Å². The van der Waals surface area contributed by atoms with Crippen molar-refractivity contribution in [3.63, 3.8) is 0 Å². The number of carbonyl (C=O) groups is 2. The monoisotopic (exact) mass is 1610 g/mol. The molecule has 0 bridgehead atoms. The van der Waals surface area contributed by atoms with Crippen LogP contribution in [0.4, 0.5) is 8.78 Å². The lowest BCUT2D eigenvalue weighted by Crippen LogP contribution is -2.39. The number of nitrogens with one attached hydrogen (secondary N) is 1. The maximum Gasteiger partial charge on any atom is 0.438 e. The Morgan fingerprint density at radius 2 is 0.975 bits per heavy atom. The van der Waals surface area contributed by atoms with E-state index in [0.717, 1.165) is 112 Å². The maximum absolute atomic E-state index is 15.3. The standard InChI is InChI=1S/C46H45FN10O5.C45H44FN9O3/c1-5-32-23-46(32,43-49-44(59)62-51-43)56-38-8-6-29(28-11-16-61-17-12-28)20-30(38)22-39(56)42(58)53-13-10-36-35(25-53)41(57(50-36)34-18-26(2)40(47)27(3)19-34)55-15-14-54(45(55)60)33-7-9-37-31(21-33)24-48-52(37)4;1-5-33-23-45(33,26-47)54-39-8-6-30(29-11-16-58-17-12-29)20-31(39)22-40(54)43(56)51-13-10-37-36(25-51)42(55(49-37)35-18-27(2)41(46)28(3)19-35)53-15-14-52(44(53)57)34-7-9-38-32(21-34)24-48-50(38)4/h6-9,14-15,18-22,24,28,32H,5,10-13,16-17,23,25H2,1-4H3,(H,49,51,59);6-9,14-15,18-22,24,29,33H,5,10-13,16-17,23,25H2,1-4H3/t32-,46-;33-,45+/m00/s1. The number of nitrogens with zero attached hydrogens (tertiary/aromatic N) is 18. The molecule has 2 aliphatic carbocycles. The zero-order valence-electron chi connectivity index (χ0n) is 68.0. The van der Waals surface area contributed by atoms with Crippen LogP contribution in [0, 0.1) is 62.5 Å². The molecule has 120 heavy (non-hydrogen) atoms. The summed E-state index contributed by atoms with van der Waals surface area (Å²) in [4.78, 5) is 78.3. The Labute approximate surface area is 686 Å². The zero-order valence-corrected chi connectivity index (χ0v) is 68.0. The molecule has 15 aromatic rings. The molecule has 610 valence electrons.